The van der Waals surface area contributed by atoms with Gasteiger partial charge in [-0.2, -0.15) is 0 Å². The van der Waals surface area contributed by atoms with E-state index in [0.29, 0.717) is 16.5 Å². The lowest BCUT2D eigenvalue weighted by Crippen LogP contribution is -2.41. The molecule has 2 unspecified atom stereocenters. The molecular formula is C23H24Cl2N4O2. The minimum atomic E-state index is -0.0968. The third kappa shape index (κ3) is 3.66. The van der Waals surface area contributed by atoms with Crippen LogP contribution in [0.2, 0.25) is 10.0 Å². The molecule has 6 nitrogen and oxygen atoms in total. The van der Waals surface area contributed by atoms with Crippen LogP contribution >= 0.6 is 23.2 Å². The summed E-state index contributed by atoms with van der Waals surface area (Å²) in [6.45, 7) is 4.54. The zero-order valence-corrected chi connectivity index (χ0v) is 19.1. The third-order valence-corrected chi connectivity index (χ3v) is 7.34. The predicted octanol–water partition coefficient (Wildman–Crippen LogP) is 4.94. The molecule has 2 atom stereocenters. The number of rotatable bonds is 4. The predicted molar refractivity (Wildman–Crippen MR) is 119 cm³/mol. The number of carbonyl (C=O) groups is 1. The normalized spacial score (nSPS) is 21.0. The molecule has 1 saturated heterocycles. The summed E-state index contributed by atoms with van der Waals surface area (Å²) in [4.78, 5) is 22.9. The second-order valence-corrected chi connectivity index (χ2v) is 9.38. The first-order chi connectivity index (χ1) is 14.9. The number of aryl methyl sites for hydroxylation is 3. The fourth-order valence-corrected chi connectivity index (χ4v) is 5.68. The number of amides is 1. The number of aromatic nitrogens is 3. The van der Waals surface area contributed by atoms with Crippen molar-refractivity contribution in [3.63, 3.8) is 0 Å². The largest absolute Gasteiger partial charge is 0.361 e. The molecule has 31 heavy (non-hydrogen) atoms. The molecule has 0 spiro atoms. The molecule has 0 radical (unpaired) electrons. The number of nitrogens with one attached hydrogen (secondary N) is 1. The molecule has 0 saturated carbocycles. The van der Waals surface area contributed by atoms with Crippen LogP contribution in [0.5, 0.6) is 0 Å². The van der Waals surface area contributed by atoms with Gasteiger partial charge in [-0.15, -0.1) is 0 Å². The fraction of sp³-hybridized carbons (Fsp3) is 0.435. The monoisotopic (exact) mass is 458 g/mol. The van der Waals surface area contributed by atoms with Crippen LogP contribution in [0.3, 0.4) is 0 Å². The molecule has 1 fully saturated rings. The highest BCUT2D eigenvalue weighted by atomic mass is 35.5. The van der Waals surface area contributed by atoms with Gasteiger partial charge in [-0.1, -0.05) is 28.4 Å². The van der Waals surface area contributed by atoms with Crippen molar-refractivity contribution in [2.45, 2.75) is 52.0 Å². The molecule has 1 aliphatic carbocycles. The van der Waals surface area contributed by atoms with Crippen molar-refractivity contribution in [2.24, 2.45) is 5.92 Å². The maximum atomic E-state index is 13.2. The van der Waals surface area contributed by atoms with Crippen LogP contribution < -0.4 is 0 Å². The Hall–Kier alpha value is -2.31. The number of hydrogen-bond acceptors (Lipinski definition) is 4. The first-order valence-electron chi connectivity index (χ1n) is 10.6. The van der Waals surface area contributed by atoms with Gasteiger partial charge in [-0.25, -0.2) is 4.98 Å². The number of hydrogen-bond donors (Lipinski definition) is 1. The standard InChI is InChI=1S/C23H24Cl2N4O2/c1-12-22(13(2)31-28-12)15-8-18(24)17(19(25)9-15)7-14-5-6-29(23(14)30)16-3-4-20-21(10-16)27-11-26-20/h8-9,11,14,16H,3-7,10H2,1-2H3,(H,26,27). The topological polar surface area (TPSA) is 75.0 Å². The summed E-state index contributed by atoms with van der Waals surface area (Å²) in [5.74, 6) is 0.831. The second-order valence-electron chi connectivity index (χ2n) is 8.56. The van der Waals surface area contributed by atoms with Gasteiger partial charge in [0.2, 0.25) is 5.91 Å². The lowest BCUT2D eigenvalue weighted by Gasteiger charge is -2.31. The Labute approximate surface area is 190 Å². The number of likely N-dealkylation sites (tertiary alicyclic amines) is 1. The Balaban J connectivity index is 1.33. The van der Waals surface area contributed by atoms with Crippen molar-refractivity contribution in [3.8, 4) is 11.1 Å². The van der Waals surface area contributed by atoms with Gasteiger partial charge in [0.1, 0.15) is 5.76 Å². The van der Waals surface area contributed by atoms with Crippen molar-refractivity contribution in [1.82, 2.24) is 20.0 Å². The lowest BCUT2D eigenvalue weighted by atomic mass is 9.94. The van der Waals surface area contributed by atoms with Crippen LogP contribution in [0.4, 0.5) is 0 Å². The van der Waals surface area contributed by atoms with E-state index in [1.807, 2.05) is 30.9 Å². The number of fused-ring (bicyclic) bond motifs is 1. The fourth-order valence-electron chi connectivity index (χ4n) is 5.04. The molecule has 1 amide bonds. The average molecular weight is 459 g/mol. The molecule has 2 aliphatic rings. The van der Waals surface area contributed by atoms with Crippen molar-refractivity contribution >= 4 is 29.1 Å². The molecular weight excluding hydrogens is 435 g/mol. The van der Waals surface area contributed by atoms with Gasteiger partial charge in [0.05, 0.1) is 17.7 Å². The highest BCUT2D eigenvalue weighted by Crippen LogP contribution is 2.37. The number of carbonyl (C=O) groups excluding carboxylic acids is 1. The van der Waals surface area contributed by atoms with Crippen molar-refractivity contribution in [3.05, 3.63) is 56.9 Å². The number of H-pyrrole nitrogens is 1. The number of aromatic amines is 1. The molecule has 8 heteroatoms. The molecule has 162 valence electrons. The zero-order chi connectivity index (χ0) is 21.7. The summed E-state index contributed by atoms with van der Waals surface area (Å²) in [7, 11) is 0. The maximum Gasteiger partial charge on any atom is 0.226 e. The Morgan fingerprint density at radius 3 is 2.71 bits per heavy atom. The minimum absolute atomic E-state index is 0.0968. The Morgan fingerprint density at radius 2 is 2.00 bits per heavy atom. The molecule has 1 aliphatic heterocycles. The number of imidazole rings is 1. The summed E-state index contributed by atoms with van der Waals surface area (Å²) in [6, 6.07) is 4.01. The average Bonchev–Trinajstić information content (AvgIpc) is 3.43. The van der Waals surface area contributed by atoms with Crippen LogP contribution in [0, 0.1) is 19.8 Å². The van der Waals surface area contributed by atoms with E-state index in [9.17, 15) is 4.79 Å². The van der Waals surface area contributed by atoms with Gasteiger partial charge in [0.15, 0.2) is 0 Å². The Morgan fingerprint density at radius 1 is 1.23 bits per heavy atom. The highest BCUT2D eigenvalue weighted by molar-refractivity contribution is 6.36. The molecule has 2 aromatic heterocycles. The molecule has 1 N–H and O–H groups in total. The van der Waals surface area contributed by atoms with Gasteiger partial charge in [0, 0.05) is 46.2 Å². The van der Waals surface area contributed by atoms with E-state index in [1.165, 1.54) is 5.69 Å². The summed E-state index contributed by atoms with van der Waals surface area (Å²) in [5.41, 5.74) is 5.72. The number of halogens is 2. The molecule has 5 rings (SSSR count). The van der Waals surface area contributed by atoms with Gasteiger partial charge in [0.25, 0.3) is 0 Å². The highest BCUT2D eigenvalue weighted by Gasteiger charge is 2.38. The summed E-state index contributed by atoms with van der Waals surface area (Å²) >= 11 is 13.3. The Bertz CT molecular complexity index is 1110. The van der Waals surface area contributed by atoms with Gasteiger partial charge in [-0.05, 0) is 62.8 Å². The number of benzene rings is 1. The quantitative estimate of drug-likeness (QED) is 0.600. The van der Waals surface area contributed by atoms with Crippen LogP contribution in [0.15, 0.2) is 23.0 Å². The number of nitrogens with zero attached hydrogens (tertiary/aromatic N) is 3. The zero-order valence-electron chi connectivity index (χ0n) is 17.5. The molecule has 3 aromatic rings. The van der Waals surface area contributed by atoms with E-state index < -0.39 is 0 Å². The van der Waals surface area contributed by atoms with Crippen LogP contribution in [0.1, 0.15) is 41.2 Å². The van der Waals surface area contributed by atoms with Crippen LogP contribution in [-0.2, 0) is 24.1 Å². The summed E-state index contributed by atoms with van der Waals surface area (Å²) in [6.07, 6.45) is 5.86. The SMILES string of the molecule is Cc1noc(C)c1-c1cc(Cl)c(CC2CCN(C3CCc4[nH]cnc4C3)C2=O)c(Cl)c1. The first kappa shape index (κ1) is 20.6. The van der Waals surface area contributed by atoms with Gasteiger partial charge in [-0.3, -0.25) is 4.79 Å². The smallest absolute Gasteiger partial charge is 0.226 e. The maximum absolute atomic E-state index is 13.2. The van der Waals surface area contributed by atoms with E-state index in [0.717, 1.165) is 66.1 Å². The molecule has 0 bridgehead atoms. The van der Waals surface area contributed by atoms with E-state index in [4.69, 9.17) is 27.7 Å². The third-order valence-electron chi connectivity index (χ3n) is 6.67. The van der Waals surface area contributed by atoms with E-state index >= 15 is 0 Å². The van der Waals surface area contributed by atoms with E-state index in [-0.39, 0.29) is 17.9 Å². The van der Waals surface area contributed by atoms with Crippen molar-refractivity contribution in [2.75, 3.05) is 6.54 Å². The van der Waals surface area contributed by atoms with Crippen molar-refractivity contribution in [1.29, 1.82) is 0 Å². The summed E-state index contributed by atoms with van der Waals surface area (Å²) < 4.78 is 5.27. The molecule has 1 aromatic carbocycles. The molecule has 3 heterocycles. The van der Waals surface area contributed by atoms with Gasteiger partial charge < -0.3 is 14.4 Å². The minimum Gasteiger partial charge on any atom is -0.361 e. The van der Waals surface area contributed by atoms with Crippen molar-refractivity contribution < 1.29 is 9.32 Å². The lowest BCUT2D eigenvalue weighted by molar-refractivity contribution is -0.133. The van der Waals surface area contributed by atoms with E-state index in [2.05, 4.69) is 15.1 Å². The second kappa shape index (κ2) is 7.99. The first-order valence-corrected chi connectivity index (χ1v) is 11.4. The van der Waals surface area contributed by atoms with E-state index in [1.54, 1.807) is 6.33 Å². The van der Waals surface area contributed by atoms with Gasteiger partial charge >= 0.3 is 0 Å². The Kier molecular flexibility index (Phi) is 5.30. The summed E-state index contributed by atoms with van der Waals surface area (Å²) in [5, 5.41) is 5.17. The van der Waals surface area contributed by atoms with Crippen LogP contribution in [0.25, 0.3) is 11.1 Å². The van der Waals surface area contributed by atoms with Crippen LogP contribution in [-0.4, -0.2) is 38.5 Å².